The molecule has 11 heavy (non-hydrogen) atoms. The number of amides is 2. The molecular formula is C7H17N3O. The summed E-state index contributed by atoms with van der Waals surface area (Å²) in [6, 6.07) is -0.308. The molecule has 0 saturated carbocycles. The van der Waals surface area contributed by atoms with Gasteiger partial charge in [-0.15, -0.1) is 0 Å². The van der Waals surface area contributed by atoms with Gasteiger partial charge in [0.2, 0.25) is 0 Å². The van der Waals surface area contributed by atoms with Gasteiger partial charge in [-0.3, -0.25) is 5.43 Å². The molecule has 0 spiro atoms. The van der Waals surface area contributed by atoms with Crippen molar-refractivity contribution in [2.75, 3.05) is 6.54 Å². The highest BCUT2D eigenvalue weighted by molar-refractivity contribution is 5.72. The molecule has 0 aromatic heterocycles. The summed E-state index contributed by atoms with van der Waals surface area (Å²) in [7, 11) is 0. The van der Waals surface area contributed by atoms with E-state index in [1.807, 2.05) is 5.43 Å². The summed E-state index contributed by atoms with van der Waals surface area (Å²) in [6.07, 6.45) is 2.17. The van der Waals surface area contributed by atoms with E-state index in [0.717, 1.165) is 12.8 Å². The van der Waals surface area contributed by atoms with Crippen molar-refractivity contribution < 1.29 is 4.79 Å². The first-order chi connectivity index (χ1) is 5.24. The standard InChI is InChI=1S/C7H17N3O/c1-3-6(4-2)5-9-7(11)10-8/h6H,3-5,8H2,1-2H3,(H2,9,10,11). The highest BCUT2D eigenvalue weighted by Gasteiger charge is 2.03. The van der Waals surface area contributed by atoms with Crippen molar-refractivity contribution in [3.63, 3.8) is 0 Å². The van der Waals surface area contributed by atoms with Crippen LogP contribution in [0, 0.1) is 5.92 Å². The number of hydrazine groups is 1. The Hall–Kier alpha value is -0.770. The third-order valence-corrected chi connectivity index (χ3v) is 1.84. The van der Waals surface area contributed by atoms with E-state index in [4.69, 9.17) is 5.84 Å². The summed E-state index contributed by atoms with van der Waals surface area (Å²) >= 11 is 0. The zero-order valence-corrected chi connectivity index (χ0v) is 7.18. The highest BCUT2D eigenvalue weighted by Crippen LogP contribution is 2.04. The molecule has 2 amide bonds. The fraction of sp³-hybridized carbons (Fsp3) is 0.857. The number of hydrogen-bond donors (Lipinski definition) is 3. The SMILES string of the molecule is CCC(CC)CNC(=O)NN. The molecule has 0 aliphatic carbocycles. The molecule has 4 heteroatoms. The number of carbonyl (C=O) groups is 1. The average molecular weight is 159 g/mol. The first-order valence-electron chi connectivity index (χ1n) is 3.99. The van der Waals surface area contributed by atoms with Gasteiger partial charge in [-0.1, -0.05) is 26.7 Å². The molecule has 0 atom stereocenters. The van der Waals surface area contributed by atoms with Crippen LogP contribution in [-0.2, 0) is 0 Å². The Balaban J connectivity index is 3.42. The summed E-state index contributed by atoms with van der Waals surface area (Å²) in [6.45, 7) is 4.92. The maximum atomic E-state index is 10.6. The average Bonchev–Trinajstić information content (AvgIpc) is 2.06. The Morgan fingerprint density at radius 3 is 2.36 bits per heavy atom. The Labute approximate surface area is 67.5 Å². The van der Waals surface area contributed by atoms with Crippen molar-refractivity contribution in [1.29, 1.82) is 0 Å². The third kappa shape index (κ3) is 4.61. The molecule has 0 fully saturated rings. The van der Waals surface area contributed by atoms with Crippen molar-refractivity contribution in [2.45, 2.75) is 26.7 Å². The molecule has 66 valence electrons. The summed E-state index contributed by atoms with van der Waals surface area (Å²) in [5.41, 5.74) is 2.02. The lowest BCUT2D eigenvalue weighted by Crippen LogP contribution is -2.41. The Bertz CT molecular complexity index is 112. The van der Waals surface area contributed by atoms with Crippen molar-refractivity contribution in [2.24, 2.45) is 11.8 Å². The van der Waals surface area contributed by atoms with Crippen LogP contribution in [0.4, 0.5) is 4.79 Å². The van der Waals surface area contributed by atoms with E-state index in [1.165, 1.54) is 0 Å². The monoisotopic (exact) mass is 159 g/mol. The molecule has 0 rings (SSSR count). The zero-order valence-electron chi connectivity index (χ0n) is 7.18. The minimum Gasteiger partial charge on any atom is -0.337 e. The number of urea groups is 1. The molecule has 0 aromatic carbocycles. The first-order valence-corrected chi connectivity index (χ1v) is 3.99. The number of hydrogen-bond acceptors (Lipinski definition) is 2. The van der Waals surface area contributed by atoms with Crippen LogP contribution in [0.25, 0.3) is 0 Å². The van der Waals surface area contributed by atoms with Gasteiger partial charge in [-0.25, -0.2) is 10.6 Å². The molecule has 0 bridgehead atoms. The maximum Gasteiger partial charge on any atom is 0.328 e. The second-order valence-electron chi connectivity index (χ2n) is 2.54. The van der Waals surface area contributed by atoms with Gasteiger partial charge in [0.1, 0.15) is 0 Å². The molecule has 0 saturated heterocycles. The minimum atomic E-state index is -0.308. The van der Waals surface area contributed by atoms with Crippen LogP contribution in [0.1, 0.15) is 26.7 Å². The zero-order chi connectivity index (χ0) is 8.69. The number of nitrogens with one attached hydrogen (secondary N) is 2. The van der Waals surface area contributed by atoms with Gasteiger partial charge in [-0.2, -0.15) is 0 Å². The van der Waals surface area contributed by atoms with Gasteiger partial charge in [0.25, 0.3) is 0 Å². The molecule has 0 heterocycles. The number of rotatable bonds is 4. The quantitative estimate of drug-likeness (QED) is 0.319. The topological polar surface area (TPSA) is 67.2 Å². The lowest BCUT2D eigenvalue weighted by Gasteiger charge is -2.12. The molecule has 0 aromatic rings. The third-order valence-electron chi connectivity index (χ3n) is 1.84. The summed E-state index contributed by atoms with van der Waals surface area (Å²) in [4.78, 5) is 10.6. The van der Waals surface area contributed by atoms with E-state index in [2.05, 4.69) is 19.2 Å². The van der Waals surface area contributed by atoms with Crippen LogP contribution in [0.15, 0.2) is 0 Å². The van der Waals surface area contributed by atoms with Crippen molar-refractivity contribution in [3.05, 3.63) is 0 Å². The van der Waals surface area contributed by atoms with E-state index in [-0.39, 0.29) is 6.03 Å². The number of nitrogens with two attached hydrogens (primary N) is 1. The fourth-order valence-corrected chi connectivity index (χ4v) is 0.865. The second-order valence-corrected chi connectivity index (χ2v) is 2.54. The van der Waals surface area contributed by atoms with E-state index < -0.39 is 0 Å². The predicted molar refractivity (Wildman–Crippen MR) is 44.8 cm³/mol. The van der Waals surface area contributed by atoms with E-state index in [0.29, 0.717) is 12.5 Å². The van der Waals surface area contributed by atoms with Gasteiger partial charge >= 0.3 is 6.03 Å². The van der Waals surface area contributed by atoms with Gasteiger partial charge in [0.15, 0.2) is 0 Å². The molecule has 0 aliphatic rings. The van der Waals surface area contributed by atoms with Crippen LogP contribution in [0.2, 0.25) is 0 Å². The molecule has 4 nitrogen and oxygen atoms in total. The van der Waals surface area contributed by atoms with Gasteiger partial charge in [0, 0.05) is 6.54 Å². The van der Waals surface area contributed by atoms with Crippen molar-refractivity contribution in [1.82, 2.24) is 10.7 Å². The van der Waals surface area contributed by atoms with E-state index >= 15 is 0 Å². The van der Waals surface area contributed by atoms with Gasteiger partial charge in [0.05, 0.1) is 0 Å². The van der Waals surface area contributed by atoms with Crippen molar-refractivity contribution in [3.8, 4) is 0 Å². The normalized spacial score (nSPS) is 9.82. The van der Waals surface area contributed by atoms with Crippen LogP contribution >= 0.6 is 0 Å². The molecule has 0 radical (unpaired) electrons. The lowest BCUT2D eigenvalue weighted by molar-refractivity contribution is 0.238. The van der Waals surface area contributed by atoms with Crippen LogP contribution in [-0.4, -0.2) is 12.6 Å². The van der Waals surface area contributed by atoms with Gasteiger partial charge in [-0.05, 0) is 5.92 Å². The smallest absolute Gasteiger partial charge is 0.328 e. The highest BCUT2D eigenvalue weighted by atomic mass is 16.2. The number of carbonyl (C=O) groups excluding carboxylic acids is 1. The van der Waals surface area contributed by atoms with Crippen LogP contribution in [0.5, 0.6) is 0 Å². The van der Waals surface area contributed by atoms with Crippen LogP contribution < -0.4 is 16.6 Å². The lowest BCUT2D eigenvalue weighted by atomic mass is 10.0. The summed E-state index contributed by atoms with van der Waals surface area (Å²) < 4.78 is 0. The van der Waals surface area contributed by atoms with Gasteiger partial charge < -0.3 is 5.32 Å². The van der Waals surface area contributed by atoms with E-state index in [1.54, 1.807) is 0 Å². The maximum absolute atomic E-state index is 10.6. The Morgan fingerprint density at radius 1 is 1.45 bits per heavy atom. The second kappa shape index (κ2) is 5.97. The Kier molecular flexibility index (Phi) is 5.56. The summed E-state index contributed by atoms with van der Waals surface area (Å²) in [5, 5.41) is 2.66. The first kappa shape index (κ1) is 10.2. The minimum absolute atomic E-state index is 0.308. The molecule has 0 aliphatic heterocycles. The van der Waals surface area contributed by atoms with Crippen LogP contribution in [0.3, 0.4) is 0 Å². The molecule has 4 N–H and O–H groups in total. The Morgan fingerprint density at radius 2 is 2.00 bits per heavy atom. The van der Waals surface area contributed by atoms with Crippen molar-refractivity contribution >= 4 is 6.03 Å². The van der Waals surface area contributed by atoms with E-state index in [9.17, 15) is 4.79 Å². The fourth-order valence-electron chi connectivity index (χ4n) is 0.865. The molecular weight excluding hydrogens is 142 g/mol. The molecule has 0 unspecified atom stereocenters. The largest absolute Gasteiger partial charge is 0.337 e. The summed E-state index contributed by atoms with van der Waals surface area (Å²) in [5.74, 6) is 5.44. The predicted octanol–water partition coefficient (Wildman–Crippen LogP) is 0.596.